The van der Waals surface area contributed by atoms with E-state index in [2.05, 4.69) is 27.3 Å². The van der Waals surface area contributed by atoms with Crippen molar-refractivity contribution in [1.29, 1.82) is 0 Å². The molecule has 0 atom stereocenters. The first-order chi connectivity index (χ1) is 10.5. The summed E-state index contributed by atoms with van der Waals surface area (Å²) in [4.78, 5) is 10.9. The van der Waals surface area contributed by atoms with E-state index in [-0.39, 0.29) is 17.3 Å². The molecule has 0 aliphatic carbocycles. The minimum atomic E-state index is -1.29. The van der Waals surface area contributed by atoms with Crippen molar-refractivity contribution in [3.63, 3.8) is 0 Å². The van der Waals surface area contributed by atoms with Gasteiger partial charge in [-0.2, -0.15) is 0 Å². The zero-order valence-corrected chi connectivity index (χ0v) is 12.1. The number of rotatable bonds is 4. The molecular formula is C15H14FN3O3. The van der Waals surface area contributed by atoms with Crippen LogP contribution in [0.2, 0.25) is 0 Å². The number of nitrogens with one attached hydrogen (secondary N) is 1. The molecule has 114 valence electrons. The molecule has 0 unspecified atom stereocenters. The van der Waals surface area contributed by atoms with Gasteiger partial charge in [-0.3, -0.25) is 0 Å². The van der Waals surface area contributed by atoms with Gasteiger partial charge < -0.3 is 9.84 Å². The van der Waals surface area contributed by atoms with E-state index in [9.17, 15) is 9.18 Å². The summed E-state index contributed by atoms with van der Waals surface area (Å²) < 4.78 is 18.9. The van der Waals surface area contributed by atoms with E-state index in [1.165, 1.54) is 12.1 Å². The maximum Gasteiger partial charge on any atom is 0.362 e. The lowest BCUT2D eigenvalue weighted by molar-refractivity contribution is 0.0687. The van der Waals surface area contributed by atoms with Gasteiger partial charge >= 0.3 is 5.97 Å². The Labute approximate surface area is 126 Å². The summed E-state index contributed by atoms with van der Waals surface area (Å²) in [6, 6.07) is 3.92. The summed E-state index contributed by atoms with van der Waals surface area (Å²) >= 11 is 0. The SMILES string of the molecule is CC(C)CC#Cc1cc(F)cc(Oc2[nH]nnc2C(=O)O)c1. The van der Waals surface area contributed by atoms with Gasteiger partial charge in [-0.1, -0.05) is 30.9 Å². The second kappa shape index (κ2) is 6.72. The van der Waals surface area contributed by atoms with E-state index in [1.807, 2.05) is 13.8 Å². The first-order valence-corrected chi connectivity index (χ1v) is 6.57. The van der Waals surface area contributed by atoms with Crippen LogP contribution < -0.4 is 4.74 Å². The minimum absolute atomic E-state index is 0.113. The van der Waals surface area contributed by atoms with Crippen LogP contribution in [0.3, 0.4) is 0 Å². The summed E-state index contributed by atoms with van der Waals surface area (Å²) in [5, 5.41) is 17.9. The van der Waals surface area contributed by atoms with E-state index in [0.717, 1.165) is 6.07 Å². The van der Waals surface area contributed by atoms with Gasteiger partial charge in [0.15, 0.2) is 0 Å². The fraction of sp³-hybridized carbons (Fsp3) is 0.267. The molecule has 0 spiro atoms. The van der Waals surface area contributed by atoms with Crippen molar-refractivity contribution in [3.8, 4) is 23.5 Å². The highest BCUT2D eigenvalue weighted by Crippen LogP contribution is 2.23. The number of halogens is 1. The molecule has 0 fully saturated rings. The topological polar surface area (TPSA) is 88.1 Å². The Kier molecular flexibility index (Phi) is 4.73. The summed E-state index contributed by atoms with van der Waals surface area (Å²) in [5.74, 6) is 4.33. The molecule has 0 saturated carbocycles. The van der Waals surface area contributed by atoms with Crippen LogP contribution in [-0.2, 0) is 0 Å². The molecule has 1 aromatic carbocycles. The predicted molar refractivity (Wildman–Crippen MR) is 76.1 cm³/mol. The van der Waals surface area contributed by atoms with E-state index in [1.54, 1.807) is 0 Å². The first kappa shape index (κ1) is 15.5. The molecule has 1 heterocycles. The Morgan fingerprint density at radius 1 is 1.45 bits per heavy atom. The van der Waals surface area contributed by atoms with Crippen molar-refractivity contribution in [2.24, 2.45) is 5.92 Å². The molecule has 22 heavy (non-hydrogen) atoms. The fourth-order valence-electron chi connectivity index (χ4n) is 1.60. The normalized spacial score (nSPS) is 10.2. The van der Waals surface area contributed by atoms with Gasteiger partial charge in [0.25, 0.3) is 5.88 Å². The Bertz CT molecular complexity index is 744. The van der Waals surface area contributed by atoms with Gasteiger partial charge in [0.2, 0.25) is 5.69 Å². The van der Waals surface area contributed by atoms with Gasteiger partial charge in [0.05, 0.1) is 0 Å². The standard InChI is InChI=1S/C15H14FN3O3/c1-9(2)4-3-5-10-6-11(16)8-12(7-10)22-14-13(15(20)21)17-19-18-14/h6-9H,4H2,1-2H3,(H,20,21)(H,17,18,19). The third-order valence-electron chi connectivity index (χ3n) is 2.55. The largest absolute Gasteiger partial charge is 0.476 e. The van der Waals surface area contributed by atoms with E-state index >= 15 is 0 Å². The molecule has 0 aliphatic rings. The lowest BCUT2D eigenvalue weighted by Gasteiger charge is -2.04. The lowest BCUT2D eigenvalue weighted by atomic mass is 10.1. The van der Waals surface area contributed by atoms with Crippen LogP contribution in [0.25, 0.3) is 0 Å². The number of carboxylic acid groups (broad SMARTS) is 1. The number of carbonyl (C=O) groups is 1. The highest BCUT2D eigenvalue weighted by atomic mass is 19.1. The molecule has 0 aliphatic heterocycles. The minimum Gasteiger partial charge on any atom is -0.476 e. The van der Waals surface area contributed by atoms with Gasteiger partial charge in [-0.25, -0.2) is 14.3 Å². The van der Waals surface area contributed by atoms with Gasteiger partial charge in [-0.05, 0) is 18.1 Å². The zero-order chi connectivity index (χ0) is 16.1. The molecular weight excluding hydrogens is 289 g/mol. The number of ether oxygens (including phenoxy) is 1. The molecule has 7 heteroatoms. The molecule has 6 nitrogen and oxygen atoms in total. The van der Waals surface area contributed by atoms with Crippen LogP contribution in [0, 0.1) is 23.6 Å². The summed E-state index contributed by atoms with van der Waals surface area (Å²) in [5.41, 5.74) is 0.0664. The molecule has 1 aromatic heterocycles. The van der Waals surface area contributed by atoms with Crippen LogP contribution >= 0.6 is 0 Å². The number of H-pyrrole nitrogens is 1. The van der Waals surface area contributed by atoms with Crippen LogP contribution in [0.1, 0.15) is 36.3 Å². The Balaban J connectivity index is 2.24. The van der Waals surface area contributed by atoms with Crippen LogP contribution in [0.4, 0.5) is 4.39 Å². The number of hydrogen-bond acceptors (Lipinski definition) is 4. The number of hydrogen-bond donors (Lipinski definition) is 2. The van der Waals surface area contributed by atoms with Crippen LogP contribution in [-0.4, -0.2) is 26.5 Å². The Morgan fingerprint density at radius 3 is 2.91 bits per heavy atom. The Morgan fingerprint density at radius 2 is 2.23 bits per heavy atom. The van der Waals surface area contributed by atoms with Crippen LogP contribution in [0.15, 0.2) is 18.2 Å². The number of benzene rings is 1. The molecule has 0 saturated heterocycles. The second-order valence-electron chi connectivity index (χ2n) is 4.97. The number of carboxylic acids is 1. The van der Waals surface area contributed by atoms with Crippen LogP contribution in [0.5, 0.6) is 11.6 Å². The van der Waals surface area contributed by atoms with Crippen molar-refractivity contribution in [2.45, 2.75) is 20.3 Å². The third kappa shape index (κ3) is 4.06. The maximum absolute atomic E-state index is 13.6. The van der Waals surface area contributed by atoms with Crippen molar-refractivity contribution in [2.75, 3.05) is 0 Å². The molecule has 0 amide bonds. The fourth-order valence-corrected chi connectivity index (χ4v) is 1.60. The Hall–Kier alpha value is -2.88. The van der Waals surface area contributed by atoms with Crippen molar-refractivity contribution in [3.05, 3.63) is 35.3 Å². The second-order valence-corrected chi connectivity index (χ2v) is 4.97. The summed E-state index contributed by atoms with van der Waals surface area (Å²) in [6.45, 7) is 4.07. The average molecular weight is 303 g/mol. The van der Waals surface area contributed by atoms with Crippen molar-refractivity contribution < 1.29 is 19.0 Å². The maximum atomic E-state index is 13.6. The van der Waals surface area contributed by atoms with E-state index in [0.29, 0.717) is 17.9 Å². The molecule has 2 rings (SSSR count). The molecule has 2 N–H and O–H groups in total. The summed E-state index contributed by atoms with van der Waals surface area (Å²) in [6.07, 6.45) is 0.695. The van der Waals surface area contributed by atoms with Crippen molar-refractivity contribution >= 4 is 5.97 Å². The monoisotopic (exact) mass is 303 g/mol. The smallest absolute Gasteiger partial charge is 0.362 e. The number of aromatic carboxylic acids is 1. The van der Waals surface area contributed by atoms with E-state index in [4.69, 9.17) is 9.84 Å². The lowest BCUT2D eigenvalue weighted by Crippen LogP contribution is -2.00. The molecule has 2 aromatic rings. The predicted octanol–water partition coefficient (Wildman–Crippen LogP) is 2.83. The number of aromatic amines is 1. The number of aromatic nitrogens is 3. The van der Waals surface area contributed by atoms with Gasteiger partial charge in [0, 0.05) is 18.1 Å². The van der Waals surface area contributed by atoms with Gasteiger partial charge in [0.1, 0.15) is 11.6 Å². The summed E-state index contributed by atoms with van der Waals surface area (Å²) in [7, 11) is 0. The van der Waals surface area contributed by atoms with Crippen molar-refractivity contribution in [1.82, 2.24) is 15.4 Å². The highest BCUT2D eigenvalue weighted by Gasteiger charge is 2.17. The zero-order valence-electron chi connectivity index (χ0n) is 12.1. The quantitative estimate of drug-likeness (QED) is 0.848. The highest BCUT2D eigenvalue weighted by molar-refractivity contribution is 5.87. The average Bonchev–Trinajstić information content (AvgIpc) is 2.85. The first-order valence-electron chi connectivity index (χ1n) is 6.57. The van der Waals surface area contributed by atoms with E-state index < -0.39 is 11.8 Å². The molecule has 0 bridgehead atoms. The number of nitrogens with zero attached hydrogens (tertiary/aromatic N) is 2. The third-order valence-corrected chi connectivity index (χ3v) is 2.55. The molecule has 0 radical (unpaired) electrons. The van der Waals surface area contributed by atoms with Gasteiger partial charge in [-0.15, -0.1) is 5.10 Å².